The van der Waals surface area contributed by atoms with E-state index in [0.29, 0.717) is 12.3 Å². The molecule has 0 bridgehead atoms. The fourth-order valence-corrected chi connectivity index (χ4v) is 6.88. The highest BCUT2D eigenvalue weighted by molar-refractivity contribution is 8.01. The smallest absolute Gasteiger partial charge is 0.315 e. The molecule has 4 atom stereocenters. The van der Waals surface area contributed by atoms with E-state index in [-0.39, 0.29) is 24.7 Å². The van der Waals surface area contributed by atoms with Crippen molar-refractivity contribution in [2.45, 2.75) is 56.4 Å². The molecule has 0 aliphatic carbocycles. The van der Waals surface area contributed by atoms with Gasteiger partial charge >= 0.3 is 6.03 Å². The second-order valence-corrected chi connectivity index (χ2v) is 12.2. The van der Waals surface area contributed by atoms with Gasteiger partial charge in [-0.2, -0.15) is 0 Å². The van der Waals surface area contributed by atoms with Gasteiger partial charge in [0.2, 0.25) is 5.91 Å². The summed E-state index contributed by atoms with van der Waals surface area (Å²) in [5.74, 6) is 0.272. The van der Waals surface area contributed by atoms with Crippen LogP contribution < -0.4 is 15.4 Å². The predicted molar refractivity (Wildman–Crippen MR) is 162 cm³/mol. The Kier molecular flexibility index (Phi) is 8.74. The van der Waals surface area contributed by atoms with Gasteiger partial charge in [0.1, 0.15) is 16.7 Å². The van der Waals surface area contributed by atoms with Crippen LogP contribution in [0.3, 0.4) is 0 Å². The van der Waals surface area contributed by atoms with Crippen LogP contribution in [0.25, 0.3) is 0 Å². The average molecular weight is 589 g/mol. The second kappa shape index (κ2) is 12.5. The Labute approximate surface area is 250 Å². The molecule has 10 heteroatoms. The van der Waals surface area contributed by atoms with Crippen molar-refractivity contribution >= 4 is 29.6 Å². The Morgan fingerprint density at radius 2 is 1.74 bits per heavy atom. The van der Waals surface area contributed by atoms with E-state index in [0.717, 1.165) is 22.3 Å². The van der Waals surface area contributed by atoms with Crippen LogP contribution in [0.2, 0.25) is 0 Å². The Morgan fingerprint density at radius 1 is 1.05 bits per heavy atom. The topological polar surface area (TPSA) is 111 Å². The summed E-state index contributed by atoms with van der Waals surface area (Å²) in [5.41, 5.74) is 3.89. The Hall–Kier alpha value is -4.02. The molecule has 2 fully saturated rings. The van der Waals surface area contributed by atoms with Crippen LogP contribution in [0.4, 0.5) is 4.79 Å². The predicted octanol–water partition coefficient (Wildman–Crippen LogP) is 3.44. The van der Waals surface area contributed by atoms with Crippen molar-refractivity contribution < 1.29 is 24.2 Å². The first kappa shape index (κ1) is 29.5. The van der Waals surface area contributed by atoms with Gasteiger partial charge in [0, 0.05) is 13.1 Å². The number of nitrogens with one attached hydrogen (secondary N) is 2. The molecule has 3 unspecified atom stereocenters. The van der Waals surface area contributed by atoms with Crippen LogP contribution in [-0.2, 0) is 29.1 Å². The Morgan fingerprint density at radius 3 is 2.43 bits per heavy atom. The molecule has 3 N–H and O–H groups in total. The van der Waals surface area contributed by atoms with E-state index < -0.39 is 35.0 Å². The van der Waals surface area contributed by atoms with E-state index in [9.17, 15) is 19.5 Å². The fourth-order valence-electron chi connectivity index (χ4n) is 5.51. The van der Waals surface area contributed by atoms with Crippen LogP contribution >= 0.6 is 11.8 Å². The standard InChI is InChI=1S/C32H36N4O5S/c1-21-9-7-8-12-24(21)19-36-30(39)28-32(36,2)42-20-35(28)29(38)27(37)26(17-22-10-5-4-6-11-22)34-31(40)33-18-23-13-15-25(41-3)16-14-23/h4-16,26-28,37H,17-20H2,1-3H3,(H2,33,34,40)/t26?,27?,28-,32?/m1/s1. The number of carbonyl (C=O) groups is 3. The Balaban J connectivity index is 1.26. The number of urea groups is 1. The number of hydrogen-bond donors (Lipinski definition) is 3. The molecule has 0 radical (unpaired) electrons. The van der Waals surface area contributed by atoms with Gasteiger partial charge < -0.3 is 30.3 Å². The largest absolute Gasteiger partial charge is 0.497 e. The summed E-state index contributed by atoms with van der Waals surface area (Å²) in [6, 6.07) is 22.5. The third kappa shape index (κ3) is 5.96. The molecule has 2 aliphatic rings. The summed E-state index contributed by atoms with van der Waals surface area (Å²) in [6.45, 7) is 4.70. The number of carbonyl (C=O) groups excluding carboxylic acids is 3. The van der Waals surface area contributed by atoms with Crippen molar-refractivity contribution in [2.75, 3.05) is 13.0 Å². The number of methoxy groups -OCH3 is 1. The summed E-state index contributed by atoms with van der Waals surface area (Å²) < 4.78 is 5.17. The lowest BCUT2D eigenvalue weighted by molar-refractivity contribution is -0.168. The molecule has 2 heterocycles. The first-order valence-electron chi connectivity index (χ1n) is 13.9. The summed E-state index contributed by atoms with van der Waals surface area (Å²) >= 11 is 1.51. The van der Waals surface area contributed by atoms with Crippen LogP contribution in [-0.4, -0.2) is 68.8 Å². The van der Waals surface area contributed by atoms with Crippen LogP contribution in [0.5, 0.6) is 5.75 Å². The van der Waals surface area contributed by atoms with Gasteiger partial charge in [-0.3, -0.25) is 9.59 Å². The van der Waals surface area contributed by atoms with Gasteiger partial charge in [-0.1, -0.05) is 66.7 Å². The van der Waals surface area contributed by atoms with E-state index in [1.807, 2.05) is 80.6 Å². The average Bonchev–Trinajstić information content (AvgIpc) is 3.32. The van der Waals surface area contributed by atoms with Gasteiger partial charge in [0.05, 0.1) is 19.0 Å². The molecule has 0 spiro atoms. The number of likely N-dealkylation sites (tertiary alicyclic amines) is 1. The van der Waals surface area contributed by atoms with E-state index in [4.69, 9.17) is 4.74 Å². The van der Waals surface area contributed by atoms with E-state index in [2.05, 4.69) is 10.6 Å². The van der Waals surface area contributed by atoms with Crippen molar-refractivity contribution in [2.24, 2.45) is 0 Å². The number of aliphatic hydroxyl groups is 1. The molecule has 0 aromatic heterocycles. The number of amides is 4. The van der Waals surface area contributed by atoms with Gasteiger partial charge in [-0.05, 0) is 54.7 Å². The first-order valence-corrected chi connectivity index (χ1v) is 14.9. The summed E-state index contributed by atoms with van der Waals surface area (Å²) in [4.78, 5) is 42.6. The Bertz CT molecular complexity index is 1440. The number of aliphatic hydroxyl groups excluding tert-OH is 1. The monoisotopic (exact) mass is 588 g/mol. The minimum absolute atomic E-state index is 0.142. The van der Waals surface area contributed by atoms with Crippen molar-refractivity contribution in [1.82, 2.24) is 20.4 Å². The maximum absolute atomic E-state index is 13.7. The minimum atomic E-state index is -1.54. The van der Waals surface area contributed by atoms with Crippen LogP contribution in [0, 0.1) is 6.92 Å². The number of nitrogens with zero attached hydrogens (tertiary/aromatic N) is 2. The third-order valence-corrected chi connectivity index (χ3v) is 9.52. The van der Waals surface area contributed by atoms with Crippen molar-refractivity contribution in [3.63, 3.8) is 0 Å². The molecular weight excluding hydrogens is 552 g/mol. The maximum atomic E-state index is 13.7. The number of fused-ring (bicyclic) bond motifs is 1. The lowest BCUT2D eigenvalue weighted by Crippen LogP contribution is -2.73. The summed E-state index contributed by atoms with van der Waals surface area (Å²) in [5, 5.41) is 16.9. The molecule has 220 valence electrons. The van der Waals surface area contributed by atoms with Crippen LogP contribution in [0.15, 0.2) is 78.9 Å². The highest BCUT2D eigenvalue weighted by atomic mass is 32.2. The van der Waals surface area contributed by atoms with Gasteiger partial charge in [0.15, 0.2) is 6.10 Å². The molecule has 4 amide bonds. The number of ether oxygens (including phenoxy) is 1. The zero-order valence-electron chi connectivity index (χ0n) is 23.9. The van der Waals surface area contributed by atoms with Crippen molar-refractivity contribution in [1.29, 1.82) is 0 Å². The number of thioether (sulfide) groups is 1. The highest BCUT2D eigenvalue weighted by Gasteiger charge is 2.65. The zero-order chi connectivity index (χ0) is 29.9. The fraction of sp³-hybridized carbons (Fsp3) is 0.344. The molecular formula is C32H36N4O5S. The number of hydrogen-bond acceptors (Lipinski definition) is 6. The molecule has 2 aliphatic heterocycles. The molecule has 3 aromatic rings. The zero-order valence-corrected chi connectivity index (χ0v) is 24.8. The third-order valence-electron chi connectivity index (χ3n) is 8.08. The maximum Gasteiger partial charge on any atom is 0.315 e. The van der Waals surface area contributed by atoms with Crippen molar-refractivity contribution in [3.05, 3.63) is 101 Å². The lowest BCUT2D eigenvalue weighted by Gasteiger charge is -2.53. The highest BCUT2D eigenvalue weighted by Crippen LogP contribution is 2.51. The molecule has 2 saturated heterocycles. The summed E-state index contributed by atoms with van der Waals surface area (Å²) in [7, 11) is 1.59. The van der Waals surface area contributed by atoms with E-state index in [1.165, 1.54) is 16.7 Å². The first-order chi connectivity index (χ1) is 20.2. The summed E-state index contributed by atoms with van der Waals surface area (Å²) in [6.07, 6.45) is -1.31. The van der Waals surface area contributed by atoms with Gasteiger partial charge in [-0.25, -0.2) is 4.79 Å². The molecule has 5 rings (SSSR count). The molecule has 42 heavy (non-hydrogen) atoms. The molecule has 0 saturated carbocycles. The van der Waals surface area contributed by atoms with E-state index >= 15 is 0 Å². The SMILES string of the molecule is COc1ccc(CNC(=O)NC(Cc2ccccc2)C(O)C(=O)N2CSC3(C)[C@H]2C(=O)N3Cc2ccccc2C)cc1. The minimum Gasteiger partial charge on any atom is -0.497 e. The van der Waals surface area contributed by atoms with E-state index in [1.54, 1.807) is 24.1 Å². The second-order valence-electron chi connectivity index (χ2n) is 10.8. The molecule has 3 aromatic carbocycles. The number of aryl methyl sites for hydroxylation is 1. The van der Waals surface area contributed by atoms with Crippen LogP contribution in [0.1, 0.15) is 29.2 Å². The number of rotatable bonds is 10. The van der Waals surface area contributed by atoms with Gasteiger partial charge in [0.25, 0.3) is 5.91 Å². The van der Waals surface area contributed by atoms with Gasteiger partial charge in [-0.15, -0.1) is 11.8 Å². The lowest BCUT2D eigenvalue weighted by atomic mass is 9.91. The number of β-lactam (4-membered cyclic amide) rings is 1. The molecule has 9 nitrogen and oxygen atoms in total. The quantitative estimate of drug-likeness (QED) is 0.313. The normalized spacial score (nSPS) is 20.8. The van der Waals surface area contributed by atoms with Crippen molar-refractivity contribution in [3.8, 4) is 5.75 Å². The number of benzene rings is 3.